The molecule has 1 atom stereocenters. The maximum absolute atomic E-state index is 9.56. The van der Waals surface area contributed by atoms with Gasteiger partial charge in [-0.15, -0.1) is 0 Å². The summed E-state index contributed by atoms with van der Waals surface area (Å²) in [7, 11) is 3.50. The second-order valence-electron chi connectivity index (χ2n) is 8.50. The monoisotopic (exact) mass is 548 g/mol. The zero-order valence-electron chi connectivity index (χ0n) is 21.5. The van der Waals surface area contributed by atoms with Gasteiger partial charge in [-0.25, -0.2) is 14.3 Å². The molecule has 1 aromatic heterocycles. The van der Waals surface area contributed by atoms with Gasteiger partial charge in [0.2, 0.25) is 5.95 Å². The molecule has 1 aliphatic rings. The van der Waals surface area contributed by atoms with E-state index < -0.39 is 0 Å². The molecule has 4 rings (SSSR count). The number of phenols is 1. The topological polar surface area (TPSA) is 94.9 Å². The van der Waals surface area contributed by atoms with Gasteiger partial charge in [0.15, 0.2) is 0 Å². The first-order valence-corrected chi connectivity index (χ1v) is 13.9. The molecule has 1 fully saturated rings. The van der Waals surface area contributed by atoms with Crippen LogP contribution in [-0.2, 0) is 0 Å². The highest BCUT2D eigenvalue weighted by Gasteiger charge is 2.22. The average Bonchev–Trinajstić information content (AvgIpc) is 2.94. The van der Waals surface area contributed by atoms with Crippen molar-refractivity contribution in [3.8, 4) is 11.5 Å². The van der Waals surface area contributed by atoms with Crippen LogP contribution in [0.5, 0.6) is 11.5 Å². The SMILES string of the molecule is C=N/C(=C(\S/C=C\NC)c1ccnc(NC2CCCN(Sc3ccc(O)cc3)C2)n1)c1cccc(OC)c1. The van der Waals surface area contributed by atoms with E-state index in [1.54, 1.807) is 37.4 Å². The molecule has 3 aromatic rings. The molecule has 0 spiro atoms. The minimum atomic E-state index is 0.211. The molecule has 0 saturated carbocycles. The van der Waals surface area contributed by atoms with Crippen LogP contribution in [0.3, 0.4) is 0 Å². The number of thioether (sulfide) groups is 1. The number of phenolic OH excluding ortho intramolecular Hbond substituents is 1. The van der Waals surface area contributed by atoms with Gasteiger partial charge >= 0.3 is 0 Å². The van der Waals surface area contributed by atoms with Gasteiger partial charge in [0.25, 0.3) is 0 Å². The van der Waals surface area contributed by atoms with Crippen LogP contribution >= 0.6 is 23.7 Å². The fourth-order valence-electron chi connectivity index (χ4n) is 4.01. The van der Waals surface area contributed by atoms with E-state index in [1.165, 1.54) is 11.8 Å². The van der Waals surface area contributed by atoms with Crippen molar-refractivity contribution in [1.82, 2.24) is 19.6 Å². The minimum Gasteiger partial charge on any atom is -0.508 e. The maximum Gasteiger partial charge on any atom is 0.223 e. The number of aliphatic imine (C=N–C) groups is 1. The molecule has 0 bridgehead atoms. The minimum absolute atomic E-state index is 0.211. The van der Waals surface area contributed by atoms with Crippen LogP contribution in [0.4, 0.5) is 5.95 Å². The number of rotatable bonds is 11. The fourth-order valence-corrected chi connectivity index (χ4v) is 5.91. The zero-order chi connectivity index (χ0) is 26.7. The van der Waals surface area contributed by atoms with Gasteiger partial charge in [-0.2, -0.15) is 0 Å². The lowest BCUT2D eigenvalue weighted by Gasteiger charge is -2.32. The van der Waals surface area contributed by atoms with Crippen molar-refractivity contribution < 1.29 is 9.84 Å². The molecular weight excluding hydrogens is 516 g/mol. The largest absolute Gasteiger partial charge is 0.508 e. The van der Waals surface area contributed by atoms with E-state index in [0.29, 0.717) is 11.6 Å². The van der Waals surface area contributed by atoms with E-state index in [9.17, 15) is 5.11 Å². The van der Waals surface area contributed by atoms with E-state index in [-0.39, 0.29) is 11.8 Å². The summed E-state index contributed by atoms with van der Waals surface area (Å²) in [6.07, 6.45) is 5.73. The number of aromatic hydroxyl groups is 1. The van der Waals surface area contributed by atoms with Gasteiger partial charge < -0.3 is 20.5 Å². The number of aromatic nitrogens is 2. The number of hydrogen-bond acceptors (Lipinski definition) is 10. The van der Waals surface area contributed by atoms with E-state index in [4.69, 9.17) is 9.72 Å². The van der Waals surface area contributed by atoms with Crippen molar-refractivity contribution in [2.75, 3.05) is 32.6 Å². The summed E-state index contributed by atoms with van der Waals surface area (Å²) in [4.78, 5) is 15.7. The number of hydrogen-bond donors (Lipinski definition) is 3. The van der Waals surface area contributed by atoms with E-state index in [0.717, 1.165) is 52.7 Å². The first kappa shape index (κ1) is 27.6. The summed E-state index contributed by atoms with van der Waals surface area (Å²) >= 11 is 3.21. The summed E-state index contributed by atoms with van der Waals surface area (Å²) in [5.74, 6) is 1.60. The summed E-state index contributed by atoms with van der Waals surface area (Å²) in [6, 6.07) is 17.2. The molecule has 8 nitrogen and oxygen atoms in total. The Balaban J connectivity index is 1.56. The van der Waals surface area contributed by atoms with E-state index in [2.05, 4.69) is 31.6 Å². The molecule has 198 valence electrons. The first-order chi connectivity index (χ1) is 18.6. The number of benzene rings is 2. The van der Waals surface area contributed by atoms with Gasteiger partial charge in [-0.3, -0.25) is 4.99 Å². The third-order valence-electron chi connectivity index (χ3n) is 5.81. The quantitative estimate of drug-likeness (QED) is 0.205. The van der Waals surface area contributed by atoms with Crippen LogP contribution in [0.15, 0.2) is 82.3 Å². The van der Waals surface area contributed by atoms with Crippen LogP contribution in [0.25, 0.3) is 10.6 Å². The summed E-state index contributed by atoms with van der Waals surface area (Å²) in [5, 5.41) is 18.1. The Morgan fingerprint density at radius 2 is 2.08 bits per heavy atom. The van der Waals surface area contributed by atoms with Crippen LogP contribution in [0.2, 0.25) is 0 Å². The number of methoxy groups -OCH3 is 1. The highest BCUT2D eigenvalue weighted by Crippen LogP contribution is 2.37. The van der Waals surface area contributed by atoms with Gasteiger partial charge in [-0.05, 0) is 79.4 Å². The number of piperidine rings is 1. The third kappa shape index (κ3) is 7.53. The van der Waals surface area contributed by atoms with Crippen molar-refractivity contribution in [1.29, 1.82) is 0 Å². The molecular formula is C28H32N6O2S2. The molecule has 1 aliphatic heterocycles. The van der Waals surface area contributed by atoms with Gasteiger partial charge in [0.1, 0.15) is 11.5 Å². The second-order valence-corrected chi connectivity index (χ2v) is 10.6. The Morgan fingerprint density at radius 3 is 2.84 bits per heavy atom. The fraction of sp³-hybridized carbons (Fsp3) is 0.250. The van der Waals surface area contributed by atoms with Gasteiger partial charge in [-0.1, -0.05) is 23.9 Å². The Kier molecular flexibility index (Phi) is 10.1. The lowest BCUT2D eigenvalue weighted by atomic mass is 10.1. The van der Waals surface area contributed by atoms with Crippen LogP contribution < -0.4 is 15.4 Å². The molecule has 2 heterocycles. The third-order valence-corrected chi connectivity index (χ3v) is 7.80. The van der Waals surface area contributed by atoms with E-state index in [1.807, 2.05) is 61.1 Å². The highest BCUT2D eigenvalue weighted by atomic mass is 32.2. The molecule has 3 N–H and O–H groups in total. The lowest BCUT2D eigenvalue weighted by Crippen LogP contribution is -2.38. The lowest BCUT2D eigenvalue weighted by molar-refractivity contribution is 0.355. The predicted molar refractivity (Wildman–Crippen MR) is 159 cm³/mol. The van der Waals surface area contributed by atoms with Crippen molar-refractivity contribution in [3.05, 3.63) is 83.7 Å². The number of nitrogens with one attached hydrogen (secondary N) is 2. The second kappa shape index (κ2) is 13.9. The van der Waals surface area contributed by atoms with Crippen molar-refractivity contribution in [2.45, 2.75) is 23.8 Å². The van der Waals surface area contributed by atoms with Crippen molar-refractivity contribution in [3.63, 3.8) is 0 Å². The van der Waals surface area contributed by atoms with E-state index >= 15 is 0 Å². The number of ether oxygens (including phenoxy) is 1. The average molecular weight is 549 g/mol. The highest BCUT2D eigenvalue weighted by molar-refractivity contribution is 8.11. The number of anilines is 1. The Bertz CT molecular complexity index is 1280. The van der Waals surface area contributed by atoms with Crippen molar-refractivity contribution in [2.24, 2.45) is 4.99 Å². The predicted octanol–water partition coefficient (Wildman–Crippen LogP) is 5.72. The zero-order valence-corrected chi connectivity index (χ0v) is 23.1. The number of nitrogens with zero attached hydrogens (tertiary/aromatic N) is 4. The summed E-state index contributed by atoms with van der Waals surface area (Å²) in [6.45, 7) is 5.70. The van der Waals surface area contributed by atoms with Gasteiger partial charge in [0, 0.05) is 49.0 Å². The maximum atomic E-state index is 9.56. The van der Waals surface area contributed by atoms with Crippen LogP contribution in [0, 0.1) is 0 Å². The van der Waals surface area contributed by atoms with Gasteiger partial charge in [0.05, 0.1) is 23.4 Å². The van der Waals surface area contributed by atoms with Crippen molar-refractivity contribution >= 4 is 47.0 Å². The molecule has 0 aliphatic carbocycles. The molecule has 0 radical (unpaired) electrons. The molecule has 2 aromatic carbocycles. The summed E-state index contributed by atoms with van der Waals surface area (Å²) in [5.41, 5.74) is 2.36. The molecule has 1 saturated heterocycles. The Morgan fingerprint density at radius 1 is 1.24 bits per heavy atom. The molecule has 10 heteroatoms. The standard InChI is InChI=1S/C28H32N6O2S2/c1-29-15-17-37-27(26(30-2)20-6-4-8-23(18-20)36-3)25-13-14-31-28(33-25)32-21-7-5-16-34(19-21)38-24-11-9-22(35)10-12-24/h4,6,8-15,17-18,21,29,35H,2,5,7,16,19H2,1,3H3,(H,31,32,33)/b17-15-,27-26-. The molecule has 1 unspecified atom stereocenters. The molecule has 0 amide bonds. The Labute approximate surface area is 232 Å². The first-order valence-electron chi connectivity index (χ1n) is 12.3. The Hall–Kier alpha value is -3.47. The van der Waals surface area contributed by atoms with Crippen LogP contribution in [0.1, 0.15) is 24.1 Å². The molecule has 38 heavy (non-hydrogen) atoms. The smallest absolute Gasteiger partial charge is 0.223 e. The summed E-state index contributed by atoms with van der Waals surface area (Å²) < 4.78 is 7.76. The van der Waals surface area contributed by atoms with Crippen LogP contribution in [-0.4, -0.2) is 59.4 Å². The normalized spacial score (nSPS) is 16.6.